The van der Waals surface area contributed by atoms with E-state index < -0.39 is 0 Å². The highest BCUT2D eigenvalue weighted by molar-refractivity contribution is 5.98. The molecule has 0 spiro atoms. The van der Waals surface area contributed by atoms with Crippen molar-refractivity contribution >= 4 is 5.71 Å². The minimum atomic E-state index is 0.232. The Morgan fingerprint density at radius 3 is 2.13 bits per heavy atom. The van der Waals surface area contributed by atoms with Gasteiger partial charge in [-0.3, -0.25) is 4.99 Å². The minimum Gasteiger partial charge on any atom is -0.286 e. The van der Waals surface area contributed by atoms with Gasteiger partial charge >= 0.3 is 0 Å². The molecule has 0 aliphatic carbocycles. The van der Waals surface area contributed by atoms with Crippen LogP contribution < -0.4 is 0 Å². The second-order valence-corrected chi connectivity index (χ2v) is 5.12. The maximum Gasteiger partial charge on any atom is 0.0523 e. The number of hydrogen-bond acceptors (Lipinski definition) is 1. The molecule has 0 N–H and O–H groups in total. The minimum absolute atomic E-state index is 0.232. The molecule has 0 bridgehead atoms. The smallest absolute Gasteiger partial charge is 0.0523 e. The van der Waals surface area contributed by atoms with Crippen LogP contribution in [-0.4, -0.2) is 11.8 Å². The van der Waals surface area contributed by atoms with Crippen molar-refractivity contribution in [1.82, 2.24) is 0 Å². The Morgan fingerprint density at radius 1 is 1.13 bits per heavy atom. The van der Waals surface area contributed by atoms with E-state index in [4.69, 9.17) is 4.99 Å². The Hall–Kier alpha value is -1.11. The zero-order valence-electron chi connectivity index (χ0n) is 10.4. The molecule has 0 fully saturated rings. The van der Waals surface area contributed by atoms with Gasteiger partial charge in [0.05, 0.1) is 6.04 Å². The molecule has 1 aromatic carbocycles. The van der Waals surface area contributed by atoms with Gasteiger partial charge in [-0.1, -0.05) is 51.1 Å². The van der Waals surface area contributed by atoms with Crippen LogP contribution in [0.2, 0.25) is 0 Å². The molecular formula is C14H21N. The topological polar surface area (TPSA) is 12.4 Å². The second-order valence-electron chi connectivity index (χ2n) is 5.12. The van der Waals surface area contributed by atoms with Gasteiger partial charge in [-0.25, -0.2) is 0 Å². The third kappa shape index (κ3) is 3.50. The van der Waals surface area contributed by atoms with Gasteiger partial charge in [0.2, 0.25) is 0 Å². The lowest BCUT2D eigenvalue weighted by Crippen LogP contribution is -2.22. The van der Waals surface area contributed by atoms with Crippen molar-refractivity contribution in [2.45, 2.75) is 40.7 Å². The van der Waals surface area contributed by atoms with Crippen LogP contribution in [0.5, 0.6) is 0 Å². The molecular weight excluding hydrogens is 182 g/mol. The summed E-state index contributed by atoms with van der Waals surface area (Å²) in [6.45, 7) is 10.9. The van der Waals surface area contributed by atoms with Crippen molar-refractivity contribution in [3.8, 4) is 0 Å². The molecule has 1 heteroatoms. The fraction of sp³-hybridized carbons (Fsp3) is 0.500. The second kappa shape index (κ2) is 4.61. The molecule has 0 saturated carbocycles. The van der Waals surface area contributed by atoms with Gasteiger partial charge in [-0.05, 0) is 24.8 Å². The monoisotopic (exact) mass is 203 g/mol. The molecule has 1 rings (SSSR count). The van der Waals surface area contributed by atoms with Crippen LogP contribution in [0.25, 0.3) is 0 Å². The summed E-state index contributed by atoms with van der Waals surface area (Å²) in [5.41, 5.74) is 2.57. The first kappa shape index (κ1) is 12.0. The number of rotatable bonds is 2. The van der Waals surface area contributed by atoms with E-state index in [0.29, 0.717) is 6.04 Å². The van der Waals surface area contributed by atoms with E-state index in [2.05, 4.69) is 58.9 Å². The van der Waals surface area contributed by atoms with Gasteiger partial charge < -0.3 is 0 Å². The molecule has 0 aliphatic rings. The van der Waals surface area contributed by atoms with Crippen molar-refractivity contribution in [2.75, 3.05) is 0 Å². The Kier molecular flexibility index (Phi) is 3.67. The molecule has 1 aromatic rings. The van der Waals surface area contributed by atoms with Crippen LogP contribution in [0.15, 0.2) is 35.3 Å². The highest BCUT2D eigenvalue weighted by Gasteiger charge is 2.19. The largest absolute Gasteiger partial charge is 0.286 e. The summed E-state index contributed by atoms with van der Waals surface area (Å²) >= 11 is 0. The number of aliphatic imine (C=N–C) groups is 1. The molecule has 0 aliphatic heterocycles. The van der Waals surface area contributed by atoms with E-state index in [-0.39, 0.29) is 5.41 Å². The summed E-state index contributed by atoms with van der Waals surface area (Å²) in [4.78, 5) is 4.74. The summed E-state index contributed by atoms with van der Waals surface area (Å²) < 4.78 is 0. The predicted molar refractivity (Wildman–Crippen MR) is 67.6 cm³/mol. The fourth-order valence-corrected chi connectivity index (χ4v) is 1.24. The quantitative estimate of drug-likeness (QED) is 0.646. The van der Waals surface area contributed by atoms with Crippen LogP contribution in [0.1, 0.15) is 40.2 Å². The average Bonchev–Trinajstić information content (AvgIpc) is 2.17. The van der Waals surface area contributed by atoms with Crippen LogP contribution in [0.4, 0.5) is 0 Å². The number of hydrogen-bond donors (Lipinski definition) is 0. The molecule has 0 aromatic heterocycles. The van der Waals surface area contributed by atoms with Crippen LogP contribution in [0, 0.1) is 5.41 Å². The van der Waals surface area contributed by atoms with Crippen molar-refractivity contribution in [3.05, 3.63) is 35.9 Å². The lowest BCUT2D eigenvalue weighted by atomic mass is 9.88. The average molecular weight is 203 g/mol. The van der Waals surface area contributed by atoms with Gasteiger partial charge in [0.25, 0.3) is 0 Å². The first-order chi connectivity index (χ1) is 6.91. The van der Waals surface area contributed by atoms with Gasteiger partial charge in [0, 0.05) is 5.71 Å². The molecule has 0 radical (unpaired) electrons. The van der Waals surface area contributed by atoms with E-state index in [1.165, 1.54) is 5.56 Å². The van der Waals surface area contributed by atoms with Crippen LogP contribution in [0.3, 0.4) is 0 Å². The molecule has 0 heterocycles. The summed E-state index contributed by atoms with van der Waals surface area (Å²) in [6.07, 6.45) is 0. The predicted octanol–water partition coefficient (Wildman–Crippen LogP) is 3.93. The third-order valence-corrected chi connectivity index (χ3v) is 2.83. The Labute approximate surface area is 93.2 Å². The first-order valence-corrected chi connectivity index (χ1v) is 5.51. The van der Waals surface area contributed by atoms with Crippen LogP contribution >= 0.6 is 0 Å². The van der Waals surface area contributed by atoms with Crippen molar-refractivity contribution < 1.29 is 0 Å². The highest BCUT2D eigenvalue weighted by atomic mass is 14.8. The van der Waals surface area contributed by atoms with Crippen molar-refractivity contribution in [1.29, 1.82) is 0 Å². The fourth-order valence-electron chi connectivity index (χ4n) is 1.24. The van der Waals surface area contributed by atoms with Gasteiger partial charge in [-0.15, -0.1) is 0 Å². The van der Waals surface area contributed by atoms with Gasteiger partial charge in [-0.2, -0.15) is 0 Å². The highest BCUT2D eigenvalue weighted by Crippen LogP contribution is 2.22. The summed E-state index contributed by atoms with van der Waals surface area (Å²) in [5, 5.41) is 0. The SMILES string of the molecule is CC(=N[C@H](C)C(C)(C)C)c1ccccc1. The van der Waals surface area contributed by atoms with E-state index in [1.54, 1.807) is 0 Å². The van der Waals surface area contributed by atoms with Gasteiger partial charge in [0.15, 0.2) is 0 Å². The molecule has 1 atom stereocenters. The zero-order valence-corrected chi connectivity index (χ0v) is 10.4. The van der Waals surface area contributed by atoms with Crippen LogP contribution in [-0.2, 0) is 0 Å². The molecule has 15 heavy (non-hydrogen) atoms. The molecule has 0 unspecified atom stereocenters. The first-order valence-electron chi connectivity index (χ1n) is 5.51. The number of nitrogens with zero attached hydrogens (tertiary/aromatic N) is 1. The maximum atomic E-state index is 4.74. The lowest BCUT2D eigenvalue weighted by Gasteiger charge is -2.24. The lowest BCUT2D eigenvalue weighted by molar-refractivity contribution is 0.342. The van der Waals surface area contributed by atoms with Crippen molar-refractivity contribution in [2.24, 2.45) is 10.4 Å². The Bertz CT molecular complexity index is 330. The summed E-state index contributed by atoms with van der Waals surface area (Å²) in [5.74, 6) is 0. The number of benzene rings is 1. The Balaban J connectivity index is 2.86. The van der Waals surface area contributed by atoms with Crippen molar-refractivity contribution in [3.63, 3.8) is 0 Å². The standard InChI is InChI=1S/C14H21N/c1-11(13-9-7-6-8-10-13)15-12(2)14(3,4)5/h6-10,12H,1-5H3/t12-/m1/s1. The summed E-state index contributed by atoms with van der Waals surface area (Å²) in [6, 6.07) is 10.7. The normalized spacial score (nSPS) is 15.1. The van der Waals surface area contributed by atoms with E-state index in [9.17, 15) is 0 Å². The Morgan fingerprint density at radius 2 is 1.67 bits per heavy atom. The maximum absolute atomic E-state index is 4.74. The summed E-state index contributed by atoms with van der Waals surface area (Å²) in [7, 11) is 0. The van der Waals surface area contributed by atoms with E-state index in [1.807, 2.05) is 6.07 Å². The van der Waals surface area contributed by atoms with E-state index >= 15 is 0 Å². The third-order valence-electron chi connectivity index (χ3n) is 2.83. The molecule has 0 saturated heterocycles. The molecule has 1 nitrogen and oxygen atoms in total. The molecule has 0 amide bonds. The molecule has 82 valence electrons. The van der Waals surface area contributed by atoms with Gasteiger partial charge in [0.1, 0.15) is 0 Å². The van der Waals surface area contributed by atoms with E-state index in [0.717, 1.165) is 5.71 Å². The zero-order chi connectivity index (χ0) is 11.5.